The van der Waals surface area contributed by atoms with E-state index in [4.69, 9.17) is 30.8 Å². The van der Waals surface area contributed by atoms with E-state index in [-0.39, 0.29) is 68.6 Å². The molecule has 17 heteroatoms. The van der Waals surface area contributed by atoms with Gasteiger partial charge in [-0.3, -0.25) is 15.1 Å². The Morgan fingerprint density at radius 2 is 1.65 bits per heavy atom. The molecule has 1 unspecified atom stereocenters. The molecule has 0 saturated carbocycles. The zero-order valence-corrected chi connectivity index (χ0v) is 35.3. The summed E-state index contributed by atoms with van der Waals surface area (Å²) in [6.07, 6.45) is 2.14. The van der Waals surface area contributed by atoms with E-state index in [1.807, 2.05) is 31.9 Å². The van der Waals surface area contributed by atoms with Gasteiger partial charge in [0.15, 0.2) is 12.0 Å². The Labute approximate surface area is 351 Å². The fraction of sp³-hybridized carbons (Fsp3) is 0.488. The van der Waals surface area contributed by atoms with Crippen molar-refractivity contribution in [1.82, 2.24) is 30.0 Å². The van der Waals surface area contributed by atoms with Gasteiger partial charge in [-0.2, -0.15) is 15.2 Å². The van der Waals surface area contributed by atoms with E-state index in [0.717, 1.165) is 41.0 Å². The lowest BCUT2D eigenvalue weighted by atomic mass is 9.92. The van der Waals surface area contributed by atoms with Crippen molar-refractivity contribution in [2.75, 3.05) is 37.7 Å². The van der Waals surface area contributed by atoms with Crippen LogP contribution in [0.4, 0.5) is 24.2 Å². The molecule has 14 nitrogen and oxygen atoms in total. The number of nitriles is 1. The first-order chi connectivity index (χ1) is 28.2. The van der Waals surface area contributed by atoms with Crippen molar-refractivity contribution < 1.29 is 32.6 Å². The van der Waals surface area contributed by atoms with Crippen molar-refractivity contribution in [3.63, 3.8) is 0 Å². The van der Waals surface area contributed by atoms with E-state index in [9.17, 15) is 19.2 Å². The molecule has 8 rings (SSSR count). The van der Waals surface area contributed by atoms with E-state index < -0.39 is 40.8 Å². The normalized spacial score (nSPS) is 22.4. The molecule has 0 aliphatic carbocycles. The number of alkyl carbamates (subject to hydrolysis) is 1. The topological polar surface area (TPSA) is 149 Å². The van der Waals surface area contributed by atoms with E-state index in [1.165, 1.54) is 12.1 Å². The lowest BCUT2D eigenvalue weighted by Crippen LogP contribution is -2.57. The number of hydrogen-bond acceptors (Lipinski definition) is 12. The lowest BCUT2D eigenvalue weighted by Gasteiger charge is -2.42. The molecule has 0 spiro atoms. The summed E-state index contributed by atoms with van der Waals surface area (Å²) >= 11 is 7.07. The number of nitrogens with zero attached hydrogens (tertiary/aromatic N) is 8. The minimum Gasteiger partial charge on any atom is -0.461 e. The molecule has 2 bridgehead atoms. The first-order valence-electron chi connectivity index (χ1n) is 20.0. The summed E-state index contributed by atoms with van der Waals surface area (Å²) < 4.78 is 50.1. The zero-order valence-electron chi connectivity index (χ0n) is 34.6. The highest BCUT2D eigenvalue weighted by molar-refractivity contribution is 6.33. The van der Waals surface area contributed by atoms with Gasteiger partial charge in [0.2, 0.25) is 6.29 Å². The molecule has 3 atom stereocenters. The highest BCUT2D eigenvalue weighted by Gasteiger charge is 2.49. The van der Waals surface area contributed by atoms with Crippen molar-refractivity contribution >= 4 is 46.2 Å². The van der Waals surface area contributed by atoms with Gasteiger partial charge in [-0.1, -0.05) is 35.9 Å². The minimum absolute atomic E-state index is 0.0407. The molecule has 5 aliphatic rings. The van der Waals surface area contributed by atoms with Crippen molar-refractivity contribution in [2.24, 2.45) is 4.99 Å². The number of fused-ring (bicyclic) bond motifs is 5. The van der Waals surface area contributed by atoms with E-state index >= 15 is 4.39 Å². The van der Waals surface area contributed by atoms with Crippen molar-refractivity contribution in [3.05, 3.63) is 81.4 Å². The second-order valence-corrected chi connectivity index (χ2v) is 18.7. The largest absolute Gasteiger partial charge is 0.461 e. The number of amides is 2. The molecular weight excluding hydrogens is 796 g/mol. The molecule has 4 saturated heterocycles. The van der Waals surface area contributed by atoms with E-state index in [0.29, 0.717) is 44.8 Å². The van der Waals surface area contributed by atoms with Gasteiger partial charge in [0, 0.05) is 36.8 Å². The van der Waals surface area contributed by atoms with Crippen LogP contribution in [0.25, 0.3) is 16.6 Å². The summed E-state index contributed by atoms with van der Waals surface area (Å²) in [4.78, 5) is 47.5. The van der Waals surface area contributed by atoms with E-state index in [1.54, 1.807) is 25.7 Å². The Kier molecular flexibility index (Phi) is 10.2. The zero-order chi connectivity index (χ0) is 43.1. The highest BCUT2D eigenvalue weighted by Crippen LogP contribution is 2.44. The van der Waals surface area contributed by atoms with Crippen LogP contribution in [0.5, 0.6) is 6.01 Å². The maximum atomic E-state index is 17.8. The van der Waals surface area contributed by atoms with Crippen LogP contribution in [-0.2, 0) is 9.47 Å². The Hall–Kier alpha value is -5.53. The number of aromatic nitrogens is 2. The second kappa shape index (κ2) is 14.9. The second-order valence-electron chi connectivity index (χ2n) is 18.3. The van der Waals surface area contributed by atoms with Gasteiger partial charge < -0.3 is 19.1 Å². The number of carbonyl (C=O) groups is 2. The van der Waals surface area contributed by atoms with Gasteiger partial charge >= 0.3 is 18.2 Å². The third-order valence-corrected chi connectivity index (χ3v) is 11.6. The molecule has 3 aromatic rings. The maximum Gasteiger partial charge on any atom is 0.410 e. The van der Waals surface area contributed by atoms with Crippen molar-refractivity contribution in [1.29, 1.82) is 5.26 Å². The van der Waals surface area contributed by atoms with Crippen molar-refractivity contribution in [3.8, 4) is 12.2 Å². The number of benzene rings is 2. The number of carbonyl (C=O) groups excluding carboxylic acids is 2. The quantitative estimate of drug-likeness (QED) is 0.235. The highest BCUT2D eigenvalue weighted by atomic mass is 35.5. The standard InChI is InChI=1S/C43H48ClF2N9O5/c1-23-15-43(16-24(2)18-53(43)17-23)21-58-38-49-34-29(36(50-38)52-19-26-10-11-27(20-52)55(26)40(57)60-42(6,7)8)14-30(44)32(33(34)46)35-28-12-9-25(45)13-31(28)48-37(54(35)22-47)51-39(56)59-41(3,4)5/h9,12-14,26-27,37H,1-2,10-11,15-21H2,3-8H3,(H,51,56)/t26-,27+,37?. The summed E-state index contributed by atoms with van der Waals surface area (Å²) in [5.74, 6) is -1.19. The van der Waals surface area contributed by atoms with E-state index in [2.05, 4.69) is 33.4 Å². The number of ether oxygens (including phenoxy) is 3. The lowest BCUT2D eigenvalue weighted by molar-refractivity contribution is 0.0122. The first kappa shape index (κ1) is 41.2. The average Bonchev–Trinajstić information content (AvgIpc) is 3.71. The molecule has 5 aliphatic heterocycles. The van der Waals surface area contributed by atoms with Crippen LogP contribution < -0.4 is 25.5 Å². The van der Waals surface area contributed by atoms with Crippen LogP contribution in [-0.4, -0.2) is 105 Å². The summed E-state index contributed by atoms with van der Waals surface area (Å²) in [5.41, 5.74) is -0.284. The molecule has 316 valence electrons. The van der Waals surface area contributed by atoms with Crippen LogP contribution in [0.1, 0.15) is 72.8 Å². The van der Waals surface area contributed by atoms with Gasteiger partial charge in [0.1, 0.15) is 35.0 Å². The molecule has 1 aromatic heterocycles. The molecular formula is C43H48ClF2N9O5. The predicted molar refractivity (Wildman–Crippen MR) is 219 cm³/mol. The average molecular weight is 844 g/mol. The van der Waals surface area contributed by atoms with Crippen LogP contribution in [0.15, 0.2) is 53.6 Å². The fourth-order valence-corrected chi connectivity index (χ4v) is 9.43. The molecule has 1 N–H and O–H groups in total. The fourth-order valence-electron chi connectivity index (χ4n) is 9.15. The number of anilines is 1. The van der Waals surface area contributed by atoms with Gasteiger partial charge in [-0.15, -0.1) is 0 Å². The first-order valence-corrected chi connectivity index (χ1v) is 20.3. The van der Waals surface area contributed by atoms with Gasteiger partial charge in [0.05, 0.1) is 39.3 Å². The molecule has 0 radical (unpaired) electrons. The summed E-state index contributed by atoms with van der Waals surface area (Å²) in [5, 5.41) is 13.5. The van der Waals surface area contributed by atoms with Gasteiger partial charge in [-0.25, -0.2) is 28.3 Å². The molecule has 60 heavy (non-hydrogen) atoms. The monoisotopic (exact) mass is 843 g/mol. The number of hydrogen-bond donors (Lipinski definition) is 1. The van der Waals surface area contributed by atoms with Crippen LogP contribution in [0.3, 0.4) is 0 Å². The summed E-state index contributed by atoms with van der Waals surface area (Å²) in [7, 11) is 0. The smallest absolute Gasteiger partial charge is 0.410 e. The number of piperazine rings is 1. The van der Waals surface area contributed by atoms with Crippen LogP contribution in [0.2, 0.25) is 5.02 Å². The third-order valence-electron chi connectivity index (χ3n) is 11.3. The van der Waals surface area contributed by atoms with Gasteiger partial charge in [-0.05, 0) is 91.5 Å². The maximum absolute atomic E-state index is 17.8. The minimum atomic E-state index is -1.46. The molecule has 4 fully saturated rings. The summed E-state index contributed by atoms with van der Waals surface area (Å²) in [6.45, 7) is 21.3. The molecule has 2 aromatic carbocycles. The predicted octanol–water partition coefficient (Wildman–Crippen LogP) is 5.87. The molecule has 2 amide bonds. The van der Waals surface area contributed by atoms with Crippen LogP contribution in [0, 0.1) is 23.1 Å². The Balaban J connectivity index is 1.25. The number of rotatable bonds is 6. The number of halogens is 3. The van der Waals surface area contributed by atoms with Crippen LogP contribution >= 0.6 is 11.6 Å². The SMILES string of the molecule is C=C1CN2CC(=C)CC2(COc2nc(N3C[C@H]4CC[C@@H](C3)N4C(=O)OC(C)(C)C)c3cc(Cl)c(C4=c5ccc(F)cc5=NC(NC(=O)OC(C)(C)C)N4C#N)c(F)c3n2)C1. The Bertz CT molecular complexity index is 2480. The summed E-state index contributed by atoms with van der Waals surface area (Å²) in [6, 6.07) is 4.70. The third kappa shape index (κ3) is 7.69. The Morgan fingerprint density at radius 3 is 2.27 bits per heavy atom. The van der Waals surface area contributed by atoms with Crippen molar-refractivity contribution in [2.45, 2.75) is 102 Å². The Morgan fingerprint density at radius 1 is 1.00 bits per heavy atom. The number of nitrogens with one attached hydrogen (secondary N) is 1. The van der Waals surface area contributed by atoms with Gasteiger partial charge in [0.25, 0.3) is 0 Å². The molecule has 6 heterocycles.